The minimum absolute atomic E-state index is 0. The second-order valence-corrected chi connectivity index (χ2v) is 8.69. The Bertz CT molecular complexity index is 868. The normalized spacial score (nSPS) is 17.1. The molecule has 2 aromatic carbocycles. The van der Waals surface area contributed by atoms with E-state index in [4.69, 9.17) is 7.85 Å². The van der Waals surface area contributed by atoms with Crippen LogP contribution in [0.4, 0.5) is 11.4 Å². The number of nitrogens with one attached hydrogen (secondary N) is 2. The van der Waals surface area contributed by atoms with Crippen molar-refractivity contribution in [2.45, 2.75) is 66.7 Å². The van der Waals surface area contributed by atoms with Gasteiger partial charge in [-0.2, -0.15) is 0 Å². The Hall–Kier alpha value is -2.27. The Kier molecular flexibility index (Phi) is 11.0. The maximum Gasteiger partial charge on any atom is 0.257 e. The smallest absolute Gasteiger partial charge is 0.257 e. The van der Waals surface area contributed by atoms with Crippen molar-refractivity contribution >= 4 is 30.6 Å². The molecule has 2 N–H and O–H groups in total. The van der Waals surface area contributed by atoms with Gasteiger partial charge in [-0.15, -0.1) is 0 Å². The van der Waals surface area contributed by atoms with E-state index in [2.05, 4.69) is 15.5 Å². The third-order valence-corrected chi connectivity index (χ3v) is 6.37. The van der Waals surface area contributed by atoms with Crippen molar-refractivity contribution in [3.8, 4) is 0 Å². The monoisotopic (exact) mass is 449 g/mol. The van der Waals surface area contributed by atoms with Crippen molar-refractivity contribution in [2.24, 2.45) is 5.41 Å². The molecule has 1 saturated carbocycles. The predicted octanol–water partition coefficient (Wildman–Crippen LogP) is 5.70. The number of nitrogens with zero attached hydrogens (tertiary/aromatic N) is 1. The Morgan fingerprint density at radius 1 is 1.00 bits per heavy atom. The summed E-state index contributed by atoms with van der Waals surface area (Å²) in [4.78, 5) is 15.2. The van der Waals surface area contributed by atoms with Gasteiger partial charge < -0.3 is 15.5 Å². The van der Waals surface area contributed by atoms with Crippen LogP contribution >= 0.6 is 0 Å². The van der Waals surface area contributed by atoms with Gasteiger partial charge in [0.1, 0.15) is 7.85 Å². The van der Waals surface area contributed by atoms with Crippen LogP contribution in [0.1, 0.15) is 77.1 Å². The van der Waals surface area contributed by atoms with E-state index in [1.807, 2.05) is 71.0 Å². The van der Waals surface area contributed by atoms with E-state index in [1.54, 1.807) is 6.07 Å². The van der Waals surface area contributed by atoms with E-state index < -0.39 is 0 Å². The quantitative estimate of drug-likeness (QED) is 0.591. The van der Waals surface area contributed by atoms with Crippen LogP contribution in [0.5, 0.6) is 0 Å². The first-order valence-corrected chi connectivity index (χ1v) is 12.8. The molecule has 33 heavy (non-hydrogen) atoms. The molecule has 2 radical (unpaired) electrons. The molecule has 1 amide bonds. The first-order valence-electron chi connectivity index (χ1n) is 12.8. The van der Waals surface area contributed by atoms with E-state index in [0.29, 0.717) is 16.4 Å². The van der Waals surface area contributed by atoms with Crippen LogP contribution in [0, 0.1) is 12.3 Å². The highest BCUT2D eigenvalue weighted by Gasteiger charge is 2.44. The summed E-state index contributed by atoms with van der Waals surface area (Å²) < 4.78 is 0. The molecule has 2 aliphatic heterocycles. The summed E-state index contributed by atoms with van der Waals surface area (Å²) in [5.41, 5.74) is 4.92. The fourth-order valence-corrected chi connectivity index (χ4v) is 4.00. The standard InChI is InChI=1S/C21H23BN2O.C3H7N.2C2H6.H2/c1-15-3-2-4-17(13-15)23-20(25)18-6-5-16(22)14-19(18)24-11-9-21(7-8-21)10-12-24;1-2-4-3-1;2*1-2;/h2-6,13-14H,7-12H2,1H3,(H,23,25);4H,1-3H2;2*1-2H3;1H. The average molecular weight is 449 g/mol. The van der Waals surface area contributed by atoms with Gasteiger partial charge in [0.25, 0.3) is 5.91 Å². The molecule has 2 heterocycles. The van der Waals surface area contributed by atoms with Crippen molar-refractivity contribution in [1.82, 2.24) is 5.32 Å². The van der Waals surface area contributed by atoms with Crippen molar-refractivity contribution < 1.29 is 6.22 Å². The lowest BCUT2D eigenvalue weighted by Crippen LogP contribution is -2.36. The first-order chi connectivity index (χ1) is 16.0. The van der Waals surface area contributed by atoms with E-state index >= 15 is 0 Å². The lowest BCUT2D eigenvalue weighted by atomic mass is 9.90. The number of benzene rings is 2. The second-order valence-electron chi connectivity index (χ2n) is 8.69. The third kappa shape index (κ3) is 7.92. The lowest BCUT2D eigenvalue weighted by Gasteiger charge is -2.35. The highest BCUT2D eigenvalue weighted by atomic mass is 16.1. The number of anilines is 2. The van der Waals surface area contributed by atoms with Gasteiger partial charge >= 0.3 is 0 Å². The molecule has 5 heteroatoms. The molecule has 1 spiro atoms. The molecule has 0 atom stereocenters. The Balaban J connectivity index is 0.000000562. The molecule has 1 aliphatic carbocycles. The number of carbonyl (C=O) groups is 1. The molecule has 4 nitrogen and oxygen atoms in total. The maximum atomic E-state index is 12.9. The highest BCUT2D eigenvalue weighted by Crippen LogP contribution is 2.54. The van der Waals surface area contributed by atoms with Gasteiger partial charge in [-0.05, 0) is 87.4 Å². The Morgan fingerprint density at radius 3 is 2.12 bits per heavy atom. The van der Waals surface area contributed by atoms with Crippen molar-refractivity contribution in [2.75, 3.05) is 36.4 Å². The molecule has 0 bridgehead atoms. The molecule has 5 rings (SSSR count). The van der Waals surface area contributed by atoms with Gasteiger partial charge in [0.05, 0.1) is 5.56 Å². The molecule has 3 fully saturated rings. The molecular weight excluding hydrogens is 405 g/mol. The number of aryl methyl sites for hydroxylation is 1. The zero-order valence-corrected chi connectivity index (χ0v) is 21.3. The maximum absolute atomic E-state index is 12.9. The van der Waals surface area contributed by atoms with E-state index in [9.17, 15) is 4.79 Å². The van der Waals surface area contributed by atoms with Gasteiger partial charge in [-0.3, -0.25) is 4.79 Å². The first kappa shape index (κ1) is 27.0. The third-order valence-electron chi connectivity index (χ3n) is 6.37. The van der Waals surface area contributed by atoms with Gasteiger partial charge in [0, 0.05) is 25.9 Å². The lowest BCUT2D eigenvalue weighted by molar-refractivity contribution is 0.102. The average Bonchev–Trinajstić information content (AvgIpc) is 3.54. The minimum atomic E-state index is -0.0766. The zero-order valence-electron chi connectivity index (χ0n) is 21.3. The van der Waals surface area contributed by atoms with Crippen molar-refractivity contribution in [3.63, 3.8) is 0 Å². The molecule has 180 valence electrons. The van der Waals surface area contributed by atoms with Gasteiger partial charge in [-0.1, -0.05) is 51.4 Å². The van der Waals surface area contributed by atoms with Gasteiger partial charge in [-0.25, -0.2) is 0 Å². The van der Waals surface area contributed by atoms with Crippen molar-refractivity contribution in [3.05, 3.63) is 53.6 Å². The molecule has 0 unspecified atom stereocenters. The van der Waals surface area contributed by atoms with Crippen LogP contribution < -0.4 is 21.0 Å². The summed E-state index contributed by atoms with van der Waals surface area (Å²) in [6.07, 6.45) is 6.58. The summed E-state index contributed by atoms with van der Waals surface area (Å²) in [5.74, 6) is -0.0766. The summed E-state index contributed by atoms with van der Waals surface area (Å²) in [7, 11) is 6.01. The molecule has 2 aromatic rings. The topological polar surface area (TPSA) is 44.4 Å². The number of hydrogen-bond acceptors (Lipinski definition) is 3. The summed E-state index contributed by atoms with van der Waals surface area (Å²) in [5, 5.41) is 6.13. The second kappa shape index (κ2) is 13.4. The van der Waals surface area contributed by atoms with Crippen LogP contribution in [0.15, 0.2) is 42.5 Å². The number of hydrogen-bond donors (Lipinski definition) is 2. The minimum Gasteiger partial charge on any atom is -0.371 e. The van der Waals surface area contributed by atoms with Gasteiger partial charge in [0.2, 0.25) is 0 Å². The molecule has 3 aliphatic rings. The Labute approximate surface area is 204 Å². The van der Waals surface area contributed by atoms with E-state index in [0.717, 1.165) is 30.0 Å². The van der Waals surface area contributed by atoms with Gasteiger partial charge in [0.15, 0.2) is 0 Å². The molecular formula is C28H44BN3O. The summed E-state index contributed by atoms with van der Waals surface area (Å²) in [6, 6.07) is 13.5. The Morgan fingerprint density at radius 2 is 1.61 bits per heavy atom. The highest BCUT2D eigenvalue weighted by molar-refractivity contribution is 6.33. The molecule has 0 aromatic heterocycles. The number of piperidine rings is 1. The van der Waals surface area contributed by atoms with Crippen molar-refractivity contribution in [1.29, 1.82) is 0 Å². The summed E-state index contributed by atoms with van der Waals surface area (Å²) in [6.45, 7) is 14.5. The van der Waals surface area contributed by atoms with Crippen LogP contribution in [-0.4, -0.2) is 39.9 Å². The van der Waals surface area contributed by atoms with Crippen LogP contribution in [0.25, 0.3) is 0 Å². The SMILES string of the molecule is C1CNC1.CC.CC.[B]c1ccc(C(=O)Nc2cccc(C)c2)c(N2CCC3(CC2)CC3)c1.[HH]. The predicted molar refractivity (Wildman–Crippen MR) is 146 cm³/mol. The number of rotatable bonds is 3. The largest absolute Gasteiger partial charge is 0.371 e. The fraction of sp³-hybridized carbons (Fsp3) is 0.536. The summed E-state index contributed by atoms with van der Waals surface area (Å²) >= 11 is 0. The number of carbonyl (C=O) groups excluding carboxylic acids is 1. The van der Waals surface area contributed by atoms with E-state index in [1.165, 1.54) is 45.2 Å². The van der Waals surface area contributed by atoms with Crippen LogP contribution in [0.3, 0.4) is 0 Å². The fourth-order valence-electron chi connectivity index (χ4n) is 4.00. The van der Waals surface area contributed by atoms with Crippen LogP contribution in [-0.2, 0) is 0 Å². The zero-order chi connectivity index (χ0) is 24.3. The number of amides is 1. The van der Waals surface area contributed by atoms with Crippen LogP contribution in [0.2, 0.25) is 0 Å². The molecule has 2 saturated heterocycles. The van der Waals surface area contributed by atoms with E-state index in [-0.39, 0.29) is 7.33 Å².